The molecule has 1 aliphatic carbocycles. The molecule has 0 radical (unpaired) electrons. The predicted octanol–water partition coefficient (Wildman–Crippen LogP) is 3.64. The van der Waals surface area contributed by atoms with Crippen LogP contribution in [0.5, 0.6) is 0 Å². The van der Waals surface area contributed by atoms with Crippen LogP contribution in [0, 0.1) is 5.92 Å². The van der Waals surface area contributed by atoms with Crippen LogP contribution >= 0.6 is 0 Å². The SMILES string of the molecule is CCNC(CC1CCOCC1)c1ccc2c(c1)CCC2. The van der Waals surface area contributed by atoms with Gasteiger partial charge in [0.1, 0.15) is 0 Å². The number of rotatable bonds is 5. The van der Waals surface area contributed by atoms with Crippen LogP contribution in [0.2, 0.25) is 0 Å². The first-order valence-corrected chi connectivity index (χ1v) is 8.29. The third kappa shape index (κ3) is 3.24. The van der Waals surface area contributed by atoms with Crippen molar-refractivity contribution in [2.75, 3.05) is 19.8 Å². The highest BCUT2D eigenvalue weighted by Gasteiger charge is 2.21. The van der Waals surface area contributed by atoms with Gasteiger partial charge in [-0.3, -0.25) is 0 Å². The van der Waals surface area contributed by atoms with Crippen molar-refractivity contribution in [2.45, 2.75) is 51.5 Å². The van der Waals surface area contributed by atoms with Crippen LogP contribution in [0.3, 0.4) is 0 Å². The highest BCUT2D eigenvalue weighted by atomic mass is 16.5. The van der Waals surface area contributed by atoms with Gasteiger partial charge in [-0.15, -0.1) is 0 Å². The molecule has 1 atom stereocenters. The Morgan fingerprint density at radius 1 is 1.20 bits per heavy atom. The average molecular weight is 273 g/mol. The number of hydrogen-bond donors (Lipinski definition) is 1. The van der Waals surface area contributed by atoms with Gasteiger partial charge < -0.3 is 10.1 Å². The summed E-state index contributed by atoms with van der Waals surface area (Å²) >= 11 is 0. The summed E-state index contributed by atoms with van der Waals surface area (Å²) < 4.78 is 5.49. The molecule has 2 aliphatic rings. The number of aryl methyl sites for hydroxylation is 2. The molecule has 1 heterocycles. The van der Waals surface area contributed by atoms with Gasteiger partial charge in [-0.1, -0.05) is 25.1 Å². The van der Waals surface area contributed by atoms with E-state index in [9.17, 15) is 0 Å². The highest BCUT2D eigenvalue weighted by Crippen LogP contribution is 2.30. The van der Waals surface area contributed by atoms with E-state index in [0.29, 0.717) is 6.04 Å². The first-order chi connectivity index (χ1) is 9.86. The van der Waals surface area contributed by atoms with Crippen molar-refractivity contribution in [1.82, 2.24) is 5.32 Å². The molecule has 0 spiro atoms. The molecule has 2 heteroatoms. The fourth-order valence-corrected chi connectivity index (χ4v) is 3.71. The molecule has 0 saturated carbocycles. The molecule has 110 valence electrons. The second-order valence-corrected chi connectivity index (χ2v) is 6.28. The summed E-state index contributed by atoms with van der Waals surface area (Å²) in [5.41, 5.74) is 4.67. The Bertz CT molecular complexity index is 437. The Morgan fingerprint density at radius 3 is 2.80 bits per heavy atom. The maximum atomic E-state index is 5.49. The van der Waals surface area contributed by atoms with E-state index in [1.54, 1.807) is 11.1 Å². The summed E-state index contributed by atoms with van der Waals surface area (Å²) in [6.45, 7) is 5.16. The van der Waals surface area contributed by atoms with Gasteiger partial charge in [0.2, 0.25) is 0 Å². The molecule has 0 bridgehead atoms. The number of benzene rings is 1. The molecule has 3 rings (SSSR count). The maximum Gasteiger partial charge on any atom is 0.0468 e. The quantitative estimate of drug-likeness (QED) is 0.884. The molecule has 20 heavy (non-hydrogen) atoms. The van der Waals surface area contributed by atoms with E-state index in [4.69, 9.17) is 4.74 Å². The zero-order valence-electron chi connectivity index (χ0n) is 12.7. The fraction of sp³-hybridized carbons (Fsp3) is 0.667. The van der Waals surface area contributed by atoms with E-state index >= 15 is 0 Å². The zero-order chi connectivity index (χ0) is 13.8. The molecule has 1 saturated heterocycles. The first-order valence-electron chi connectivity index (χ1n) is 8.29. The van der Waals surface area contributed by atoms with Crippen LogP contribution in [0.4, 0.5) is 0 Å². The summed E-state index contributed by atoms with van der Waals surface area (Å²) in [5, 5.41) is 3.70. The van der Waals surface area contributed by atoms with Gasteiger partial charge in [0, 0.05) is 19.3 Å². The summed E-state index contributed by atoms with van der Waals surface area (Å²) in [7, 11) is 0. The van der Waals surface area contributed by atoms with Gasteiger partial charge in [-0.2, -0.15) is 0 Å². The standard InChI is InChI=1S/C18H27NO/c1-2-19-18(12-14-8-10-20-11-9-14)17-7-6-15-4-3-5-16(15)13-17/h6-7,13-14,18-19H,2-5,8-12H2,1H3. The minimum atomic E-state index is 0.522. The fourth-order valence-electron chi connectivity index (χ4n) is 3.71. The average Bonchev–Trinajstić information content (AvgIpc) is 2.95. The van der Waals surface area contributed by atoms with Crippen LogP contribution in [0.25, 0.3) is 0 Å². The molecule has 2 nitrogen and oxygen atoms in total. The molecule has 1 aromatic carbocycles. The third-order valence-electron chi connectivity index (χ3n) is 4.89. The van der Waals surface area contributed by atoms with E-state index < -0.39 is 0 Å². The van der Waals surface area contributed by atoms with Gasteiger partial charge in [-0.05, 0) is 67.7 Å². The highest BCUT2D eigenvalue weighted by molar-refractivity contribution is 5.36. The van der Waals surface area contributed by atoms with Crippen molar-refractivity contribution in [3.63, 3.8) is 0 Å². The normalized spacial score (nSPS) is 20.9. The third-order valence-corrected chi connectivity index (χ3v) is 4.89. The lowest BCUT2D eigenvalue weighted by Gasteiger charge is -2.27. The van der Waals surface area contributed by atoms with Crippen LogP contribution in [-0.4, -0.2) is 19.8 Å². The Balaban J connectivity index is 1.72. The van der Waals surface area contributed by atoms with Crippen LogP contribution in [0.15, 0.2) is 18.2 Å². The van der Waals surface area contributed by atoms with E-state index in [2.05, 4.69) is 30.4 Å². The number of ether oxygens (including phenoxy) is 1. The van der Waals surface area contributed by atoms with Crippen molar-refractivity contribution in [1.29, 1.82) is 0 Å². The molecule has 0 amide bonds. The lowest BCUT2D eigenvalue weighted by Crippen LogP contribution is -2.26. The second-order valence-electron chi connectivity index (χ2n) is 6.28. The van der Waals surface area contributed by atoms with E-state index in [1.165, 1.54) is 44.1 Å². The smallest absolute Gasteiger partial charge is 0.0468 e. The maximum absolute atomic E-state index is 5.49. The van der Waals surface area contributed by atoms with Crippen LogP contribution < -0.4 is 5.32 Å². The Labute approximate surface area is 122 Å². The van der Waals surface area contributed by atoms with Crippen molar-refractivity contribution in [2.24, 2.45) is 5.92 Å². The molecule has 1 unspecified atom stereocenters. The number of nitrogens with one attached hydrogen (secondary N) is 1. The summed E-state index contributed by atoms with van der Waals surface area (Å²) in [4.78, 5) is 0. The van der Waals surface area contributed by atoms with Crippen molar-refractivity contribution < 1.29 is 4.74 Å². The largest absolute Gasteiger partial charge is 0.381 e. The van der Waals surface area contributed by atoms with E-state index in [1.807, 2.05) is 0 Å². The second kappa shape index (κ2) is 6.73. The summed E-state index contributed by atoms with van der Waals surface area (Å²) in [5.74, 6) is 0.820. The molecule has 1 N–H and O–H groups in total. The number of fused-ring (bicyclic) bond motifs is 1. The van der Waals surface area contributed by atoms with Crippen molar-refractivity contribution in [3.05, 3.63) is 34.9 Å². The Morgan fingerprint density at radius 2 is 2.00 bits per heavy atom. The first kappa shape index (κ1) is 14.1. The van der Waals surface area contributed by atoms with E-state index in [-0.39, 0.29) is 0 Å². The molecule has 0 aromatic heterocycles. The van der Waals surface area contributed by atoms with Gasteiger partial charge in [0.15, 0.2) is 0 Å². The van der Waals surface area contributed by atoms with Gasteiger partial charge >= 0.3 is 0 Å². The van der Waals surface area contributed by atoms with Gasteiger partial charge in [0.25, 0.3) is 0 Å². The monoisotopic (exact) mass is 273 g/mol. The zero-order valence-corrected chi connectivity index (χ0v) is 12.7. The van der Waals surface area contributed by atoms with Crippen molar-refractivity contribution >= 4 is 0 Å². The Kier molecular flexibility index (Phi) is 4.74. The molecular formula is C18H27NO. The molecule has 1 aromatic rings. The Hall–Kier alpha value is -0.860. The summed E-state index contributed by atoms with van der Waals surface area (Å²) in [6.07, 6.45) is 7.61. The minimum Gasteiger partial charge on any atom is -0.381 e. The van der Waals surface area contributed by atoms with Gasteiger partial charge in [0.05, 0.1) is 0 Å². The minimum absolute atomic E-state index is 0.522. The molecular weight excluding hydrogens is 246 g/mol. The van der Waals surface area contributed by atoms with Crippen LogP contribution in [-0.2, 0) is 17.6 Å². The lowest BCUT2D eigenvalue weighted by molar-refractivity contribution is 0.0606. The molecule has 1 fully saturated rings. The molecule has 1 aliphatic heterocycles. The topological polar surface area (TPSA) is 21.3 Å². The summed E-state index contributed by atoms with van der Waals surface area (Å²) in [6, 6.07) is 7.71. The van der Waals surface area contributed by atoms with Crippen LogP contribution in [0.1, 0.15) is 55.3 Å². The number of hydrogen-bond acceptors (Lipinski definition) is 2. The van der Waals surface area contributed by atoms with E-state index in [0.717, 1.165) is 25.7 Å². The predicted molar refractivity (Wildman–Crippen MR) is 83.0 cm³/mol. The lowest BCUT2D eigenvalue weighted by atomic mass is 9.88. The van der Waals surface area contributed by atoms with Crippen molar-refractivity contribution in [3.8, 4) is 0 Å². The van der Waals surface area contributed by atoms with Gasteiger partial charge in [-0.25, -0.2) is 0 Å².